The van der Waals surface area contributed by atoms with Gasteiger partial charge in [-0.1, -0.05) is 35.9 Å². The number of rotatable bonds is 6. The molecule has 0 fully saturated rings. The van der Waals surface area contributed by atoms with Crippen LogP contribution in [0.2, 0.25) is 5.02 Å². The van der Waals surface area contributed by atoms with Gasteiger partial charge in [-0.15, -0.1) is 0 Å². The summed E-state index contributed by atoms with van der Waals surface area (Å²) >= 11 is 5.96. The van der Waals surface area contributed by atoms with Crippen LogP contribution in [0.3, 0.4) is 0 Å². The van der Waals surface area contributed by atoms with E-state index in [9.17, 15) is 9.18 Å². The maximum atomic E-state index is 13.6. The highest BCUT2D eigenvalue weighted by atomic mass is 35.5. The Balaban J connectivity index is 1.60. The molecule has 26 heavy (non-hydrogen) atoms. The molecule has 0 unspecified atom stereocenters. The van der Waals surface area contributed by atoms with Crippen molar-refractivity contribution in [3.05, 3.63) is 88.8 Å². The molecular weight excluding hydrogens is 353 g/mol. The molecule has 0 bridgehead atoms. The summed E-state index contributed by atoms with van der Waals surface area (Å²) in [5.74, 6) is 0.0329. The molecule has 6 heteroatoms. The molecule has 0 aliphatic carbocycles. The smallest absolute Gasteiger partial charge is 0.251 e. The van der Waals surface area contributed by atoms with E-state index >= 15 is 0 Å². The summed E-state index contributed by atoms with van der Waals surface area (Å²) < 4.78 is 13.6. The first-order valence-electron chi connectivity index (χ1n) is 8.12. The molecule has 1 amide bonds. The zero-order chi connectivity index (χ0) is 18.4. The number of carbonyl (C=O) groups is 1. The van der Waals surface area contributed by atoms with E-state index in [4.69, 9.17) is 11.6 Å². The normalized spacial score (nSPS) is 10.4. The Morgan fingerprint density at radius 2 is 1.92 bits per heavy atom. The lowest BCUT2D eigenvalue weighted by Gasteiger charge is -2.09. The molecule has 2 N–H and O–H groups in total. The largest absolute Gasteiger partial charge is 0.352 e. The topological polar surface area (TPSA) is 54.0 Å². The molecule has 0 saturated carbocycles. The summed E-state index contributed by atoms with van der Waals surface area (Å²) in [5, 5.41) is 6.51. The minimum Gasteiger partial charge on any atom is -0.352 e. The lowest BCUT2D eigenvalue weighted by molar-refractivity contribution is 0.0954. The third-order valence-electron chi connectivity index (χ3n) is 3.76. The van der Waals surface area contributed by atoms with E-state index in [2.05, 4.69) is 15.6 Å². The number of hydrogen-bond donors (Lipinski definition) is 2. The second-order valence-electron chi connectivity index (χ2n) is 5.66. The third kappa shape index (κ3) is 4.80. The molecule has 3 rings (SSSR count). The summed E-state index contributed by atoms with van der Waals surface area (Å²) in [6.07, 6.45) is 1.98. The third-order valence-corrected chi connectivity index (χ3v) is 3.99. The Hall–Kier alpha value is -2.92. The number of nitrogens with zero attached hydrogens (tertiary/aromatic N) is 1. The highest BCUT2D eigenvalue weighted by molar-refractivity contribution is 6.30. The molecule has 1 heterocycles. The zero-order valence-corrected chi connectivity index (χ0v) is 14.6. The lowest BCUT2D eigenvalue weighted by atomic mass is 10.1. The highest BCUT2D eigenvalue weighted by Gasteiger charge is 2.08. The first-order valence-corrected chi connectivity index (χ1v) is 8.50. The van der Waals surface area contributed by atoms with Crippen LogP contribution in [0, 0.1) is 5.82 Å². The molecule has 0 saturated heterocycles. The standard InChI is InChI=1S/C20H17ClFN3O/c21-16-5-3-6-17(13-16)25-19-12-15(9-10-23-19)20(26)24-11-8-14-4-1-2-7-18(14)22/h1-7,9-10,12-13H,8,11H2,(H,23,25)(H,24,26). The molecule has 0 radical (unpaired) electrons. The second kappa shape index (κ2) is 8.45. The number of halogens is 2. The monoisotopic (exact) mass is 369 g/mol. The number of carbonyl (C=O) groups excluding carboxylic acids is 1. The van der Waals surface area contributed by atoms with Gasteiger partial charge in [-0.25, -0.2) is 9.37 Å². The quantitative estimate of drug-likeness (QED) is 0.668. The number of aromatic nitrogens is 1. The van der Waals surface area contributed by atoms with Crippen LogP contribution in [0.5, 0.6) is 0 Å². The summed E-state index contributed by atoms with van der Waals surface area (Å²) in [7, 11) is 0. The molecule has 4 nitrogen and oxygen atoms in total. The van der Waals surface area contributed by atoms with Crippen molar-refractivity contribution in [2.24, 2.45) is 0 Å². The van der Waals surface area contributed by atoms with Gasteiger partial charge in [0.05, 0.1) is 0 Å². The number of benzene rings is 2. The maximum absolute atomic E-state index is 13.6. The van der Waals surface area contributed by atoms with E-state index in [1.54, 1.807) is 48.7 Å². The van der Waals surface area contributed by atoms with Crippen LogP contribution in [-0.2, 0) is 6.42 Å². The van der Waals surface area contributed by atoms with Crippen LogP contribution < -0.4 is 10.6 Å². The van der Waals surface area contributed by atoms with Crippen LogP contribution >= 0.6 is 11.6 Å². The number of amides is 1. The van der Waals surface area contributed by atoms with Crippen molar-refractivity contribution in [2.75, 3.05) is 11.9 Å². The lowest BCUT2D eigenvalue weighted by Crippen LogP contribution is -2.26. The van der Waals surface area contributed by atoms with Crippen molar-refractivity contribution in [2.45, 2.75) is 6.42 Å². The van der Waals surface area contributed by atoms with Gasteiger partial charge in [0.2, 0.25) is 0 Å². The minimum absolute atomic E-state index is 0.238. The highest BCUT2D eigenvalue weighted by Crippen LogP contribution is 2.19. The Morgan fingerprint density at radius 1 is 1.08 bits per heavy atom. The summed E-state index contributed by atoms with van der Waals surface area (Å²) in [6.45, 7) is 0.346. The van der Waals surface area contributed by atoms with Crippen LogP contribution in [0.1, 0.15) is 15.9 Å². The van der Waals surface area contributed by atoms with Crippen LogP contribution in [-0.4, -0.2) is 17.4 Å². The number of hydrogen-bond acceptors (Lipinski definition) is 3. The van der Waals surface area contributed by atoms with Crippen molar-refractivity contribution in [3.63, 3.8) is 0 Å². The molecule has 3 aromatic rings. The van der Waals surface area contributed by atoms with Gasteiger partial charge in [0.25, 0.3) is 5.91 Å². The second-order valence-corrected chi connectivity index (χ2v) is 6.10. The van der Waals surface area contributed by atoms with Crippen LogP contribution in [0.15, 0.2) is 66.9 Å². The molecule has 0 aliphatic heterocycles. The summed E-state index contributed by atoms with van der Waals surface area (Å²) in [4.78, 5) is 16.5. The van der Waals surface area contributed by atoms with Crippen molar-refractivity contribution >= 4 is 29.0 Å². The fraction of sp³-hybridized carbons (Fsp3) is 0.100. The van der Waals surface area contributed by atoms with E-state index < -0.39 is 0 Å². The molecule has 2 aromatic carbocycles. The van der Waals surface area contributed by atoms with Gasteiger partial charge in [-0.3, -0.25) is 4.79 Å². The molecule has 1 aromatic heterocycles. The van der Waals surface area contributed by atoms with E-state index in [0.29, 0.717) is 34.9 Å². The average molecular weight is 370 g/mol. The molecule has 0 aliphatic rings. The van der Waals surface area contributed by atoms with Gasteiger partial charge >= 0.3 is 0 Å². The number of nitrogens with one attached hydrogen (secondary N) is 2. The van der Waals surface area contributed by atoms with Crippen LogP contribution in [0.4, 0.5) is 15.9 Å². The molecule has 132 valence electrons. The van der Waals surface area contributed by atoms with Gasteiger partial charge in [0, 0.05) is 29.0 Å². The first-order chi connectivity index (χ1) is 12.6. The zero-order valence-electron chi connectivity index (χ0n) is 13.9. The van der Waals surface area contributed by atoms with E-state index in [1.165, 1.54) is 6.07 Å². The maximum Gasteiger partial charge on any atom is 0.251 e. The fourth-order valence-electron chi connectivity index (χ4n) is 2.47. The van der Waals surface area contributed by atoms with Crippen molar-refractivity contribution < 1.29 is 9.18 Å². The summed E-state index contributed by atoms with van der Waals surface area (Å²) in [5.41, 5.74) is 1.83. The Morgan fingerprint density at radius 3 is 2.73 bits per heavy atom. The molecule has 0 spiro atoms. The van der Waals surface area contributed by atoms with Gasteiger partial charge in [0.15, 0.2) is 0 Å². The van der Waals surface area contributed by atoms with Crippen molar-refractivity contribution in [1.82, 2.24) is 10.3 Å². The molecular formula is C20H17ClFN3O. The van der Waals surface area contributed by atoms with Crippen molar-refractivity contribution in [3.8, 4) is 0 Å². The van der Waals surface area contributed by atoms with Gasteiger partial charge in [-0.2, -0.15) is 0 Å². The first kappa shape index (κ1) is 17.9. The van der Waals surface area contributed by atoms with E-state index in [0.717, 1.165) is 5.69 Å². The predicted molar refractivity (Wildman–Crippen MR) is 101 cm³/mol. The SMILES string of the molecule is O=C(NCCc1ccccc1F)c1ccnc(Nc2cccc(Cl)c2)c1. The Labute approximate surface area is 156 Å². The van der Waals surface area contributed by atoms with Gasteiger partial charge in [-0.05, 0) is 48.4 Å². The fourth-order valence-corrected chi connectivity index (χ4v) is 2.66. The Bertz CT molecular complexity index is 917. The van der Waals surface area contributed by atoms with Gasteiger partial charge < -0.3 is 10.6 Å². The minimum atomic E-state index is -0.265. The van der Waals surface area contributed by atoms with E-state index in [-0.39, 0.29) is 11.7 Å². The molecule has 0 atom stereocenters. The summed E-state index contributed by atoms with van der Waals surface area (Å²) in [6, 6.07) is 17.0. The average Bonchev–Trinajstić information content (AvgIpc) is 2.63. The van der Waals surface area contributed by atoms with Gasteiger partial charge in [0.1, 0.15) is 11.6 Å². The van der Waals surface area contributed by atoms with Crippen molar-refractivity contribution in [1.29, 1.82) is 0 Å². The number of pyridine rings is 1. The van der Waals surface area contributed by atoms with E-state index in [1.807, 2.05) is 12.1 Å². The van der Waals surface area contributed by atoms with Crippen LogP contribution in [0.25, 0.3) is 0 Å². The predicted octanol–water partition coefficient (Wildman–Crippen LogP) is 4.59. The number of anilines is 2. The Kier molecular flexibility index (Phi) is 5.81.